The third-order valence-electron chi connectivity index (χ3n) is 3.68. The van der Waals surface area contributed by atoms with Gasteiger partial charge in [0.25, 0.3) is 0 Å². The van der Waals surface area contributed by atoms with Crippen LogP contribution in [-0.2, 0) is 14.3 Å². The minimum absolute atomic E-state index is 0.288. The number of hydrogen-bond donors (Lipinski definition) is 1. The Morgan fingerprint density at radius 1 is 1.22 bits per heavy atom. The molecule has 0 aromatic rings. The summed E-state index contributed by atoms with van der Waals surface area (Å²) in [6, 6.07) is 0. The van der Waals surface area contributed by atoms with Crippen molar-refractivity contribution in [3.63, 3.8) is 0 Å². The van der Waals surface area contributed by atoms with Gasteiger partial charge in [-0.2, -0.15) is 0 Å². The van der Waals surface area contributed by atoms with E-state index in [0.717, 1.165) is 51.7 Å². The first-order valence-corrected chi connectivity index (χ1v) is 6.92. The number of unbranched alkanes of at least 4 members (excludes halogenated alkanes) is 2. The van der Waals surface area contributed by atoms with Crippen molar-refractivity contribution in [2.24, 2.45) is 0 Å². The van der Waals surface area contributed by atoms with E-state index in [1.807, 2.05) is 0 Å². The Morgan fingerprint density at radius 2 is 2.00 bits per heavy atom. The molecule has 2 aliphatic rings. The third kappa shape index (κ3) is 3.93. The van der Waals surface area contributed by atoms with Crippen LogP contribution in [0.15, 0.2) is 0 Å². The van der Waals surface area contributed by atoms with Gasteiger partial charge in [-0.1, -0.05) is 6.42 Å². The molecule has 0 radical (unpaired) electrons. The minimum Gasteiger partial charge on any atom is -0.481 e. The molecule has 2 fully saturated rings. The van der Waals surface area contributed by atoms with Crippen LogP contribution in [0.2, 0.25) is 0 Å². The summed E-state index contributed by atoms with van der Waals surface area (Å²) in [5, 5.41) is 8.56. The monoisotopic (exact) mass is 257 g/mol. The first kappa shape index (κ1) is 13.8. The molecule has 2 heterocycles. The van der Waals surface area contributed by atoms with Crippen LogP contribution in [0.25, 0.3) is 0 Å². The van der Waals surface area contributed by atoms with Gasteiger partial charge in [0.2, 0.25) is 0 Å². The van der Waals surface area contributed by atoms with Gasteiger partial charge in [0.1, 0.15) is 0 Å². The molecule has 0 atom stereocenters. The fourth-order valence-corrected chi connectivity index (χ4v) is 2.78. The lowest BCUT2D eigenvalue weighted by atomic mass is 10.0. The van der Waals surface area contributed by atoms with Gasteiger partial charge < -0.3 is 14.6 Å². The molecule has 1 N–H and O–H groups in total. The molecule has 2 saturated heterocycles. The predicted octanol–water partition coefficient (Wildman–Crippen LogP) is 1.47. The summed E-state index contributed by atoms with van der Waals surface area (Å²) in [6.45, 7) is 4.42. The molecular formula is C13H23NO4. The molecule has 104 valence electrons. The van der Waals surface area contributed by atoms with E-state index >= 15 is 0 Å². The highest BCUT2D eigenvalue weighted by atomic mass is 16.7. The summed E-state index contributed by atoms with van der Waals surface area (Å²) >= 11 is 0. The van der Waals surface area contributed by atoms with Gasteiger partial charge in [-0.05, 0) is 32.4 Å². The number of carbonyl (C=O) groups is 1. The molecule has 0 unspecified atom stereocenters. The van der Waals surface area contributed by atoms with E-state index in [1.54, 1.807) is 0 Å². The molecule has 2 aliphatic heterocycles. The van der Waals surface area contributed by atoms with Crippen molar-refractivity contribution in [1.82, 2.24) is 4.90 Å². The van der Waals surface area contributed by atoms with Crippen LogP contribution in [0, 0.1) is 0 Å². The van der Waals surface area contributed by atoms with Crippen LogP contribution in [0.3, 0.4) is 0 Å². The van der Waals surface area contributed by atoms with Crippen LogP contribution in [0.1, 0.15) is 38.5 Å². The van der Waals surface area contributed by atoms with E-state index in [1.165, 1.54) is 0 Å². The van der Waals surface area contributed by atoms with Crippen molar-refractivity contribution in [2.75, 3.05) is 32.8 Å². The third-order valence-corrected chi connectivity index (χ3v) is 3.68. The molecule has 0 amide bonds. The number of likely N-dealkylation sites (tertiary alicyclic amines) is 1. The van der Waals surface area contributed by atoms with Crippen molar-refractivity contribution in [3.05, 3.63) is 0 Å². The molecule has 0 aromatic heterocycles. The van der Waals surface area contributed by atoms with Crippen molar-refractivity contribution >= 4 is 5.97 Å². The molecular weight excluding hydrogens is 234 g/mol. The summed E-state index contributed by atoms with van der Waals surface area (Å²) in [6.07, 6.45) is 5.23. The van der Waals surface area contributed by atoms with Gasteiger partial charge in [0, 0.05) is 12.8 Å². The zero-order valence-corrected chi connectivity index (χ0v) is 10.9. The Hall–Kier alpha value is -0.650. The minimum atomic E-state index is -0.695. The largest absolute Gasteiger partial charge is 0.481 e. The number of aliphatic carboxylic acids is 1. The molecule has 18 heavy (non-hydrogen) atoms. The molecule has 0 saturated carbocycles. The molecule has 0 aromatic carbocycles. The fraction of sp³-hybridized carbons (Fsp3) is 0.923. The molecule has 5 nitrogen and oxygen atoms in total. The number of rotatable bonds is 6. The highest BCUT2D eigenvalue weighted by Crippen LogP contribution is 2.30. The number of ether oxygens (including phenoxy) is 2. The standard InChI is InChI=1S/C13H23NO4/c15-12(16)5-2-1-3-7-14-8-4-6-13(11-14)17-9-10-18-13/h1-11H2,(H,15,16). The van der Waals surface area contributed by atoms with Crippen molar-refractivity contribution in [1.29, 1.82) is 0 Å². The van der Waals surface area contributed by atoms with Crippen molar-refractivity contribution < 1.29 is 19.4 Å². The molecule has 0 aliphatic carbocycles. The van der Waals surface area contributed by atoms with Gasteiger partial charge in [-0.3, -0.25) is 9.69 Å². The molecule has 1 spiro atoms. The van der Waals surface area contributed by atoms with Crippen LogP contribution < -0.4 is 0 Å². The maximum absolute atomic E-state index is 10.4. The van der Waals surface area contributed by atoms with Gasteiger partial charge in [-0.15, -0.1) is 0 Å². The normalized spacial score (nSPS) is 23.6. The second-order valence-electron chi connectivity index (χ2n) is 5.19. The molecule has 0 bridgehead atoms. The predicted molar refractivity (Wildman–Crippen MR) is 66.4 cm³/mol. The van der Waals surface area contributed by atoms with Crippen LogP contribution in [0.5, 0.6) is 0 Å². The quantitative estimate of drug-likeness (QED) is 0.730. The Morgan fingerprint density at radius 3 is 2.72 bits per heavy atom. The summed E-state index contributed by atoms with van der Waals surface area (Å²) < 4.78 is 11.5. The first-order valence-electron chi connectivity index (χ1n) is 6.92. The van der Waals surface area contributed by atoms with Crippen molar-refractivity contribution in [2.45, 2.75) is 44.3 Å². The zero-order valence-electron chi connectivity index (χ0n) is 10.9. The highest BCUT2D eigenvalue weighted by Gasteiger charge is 2.40. The summed E-state index contributed by atoms with van der Waals surface area (Å²) in [5.74, 6) is -1.03. The van der Waals surface area contributed by atoms with Crippen LogP contribution in [0.4, 0.5) is 0 Å². The lowest BCUT2D eigenvalue weighted by Crippen LogP contribution is -2.49. The average Bonchev–Trinajstić information content (AvgIpc) is 2.76. The van der Waals surface area contributed by atoms with Crippen LogP contribution in [-0.4, -0.2) is 54.6 Å². The maximum Gasteiger partial charge on any atom is 0.303 e. The fourth-order valence-electron chi connectivity index (χ4n) is 2.78. The first-order chi connectivity index (χ1) is 8.70. The summed E-state index contributed by atoms with van der Waals surface area (Å²) in [4.78, 5) is 12.8. The second-order valence-corrected chi connectivity index (χ2v) is 5.19. The van der Waals surface area contributed by atoms with Crippen molar-refractivity contribution in [3.8, 4) is 0 Å². The SMILES string of the molecule is O=C(O)CCCCCN1CCCC2(C1)OCCO2. The smallest absolute Gasteiger partial charge is 0.303 e. The average molecular weight is 257 g/mol. The summed E-state index contributed by atoms with van der Waals surface area (Å²) in [7, 11) is 0. The van der Waals surface area contributed by atoms with E-state index in [9.17, 15) is 4.79 Å². The Balaban J connectivity index is 1.62. The molecule has 2 rings (SSSR count). The number of nitrogens with zero attached hydrogens (tertiary/aromatic N) is 1. The zero-order chi connectivity index (χ0) is 12.8. The lowest BCUT2D eigenvalue weighted by molar-refractivity contribution is -0.189. The Kier molecular flexibility index (Phi) is 4.97. The maximum atomic E-state index is 10.4. The topological polar surface area (TPSA) is 59.0 Å². The Labute approximate surface area is 108 Å². The Bertz CT molecular complexity index is 276. The van der Waals surface area contributed by atoms with Crippen LogP contribution >= 0.6 is 0 Å². The van der Waals surface area contributed by atoms with Gasteiger partial charge in [0.15, 0.2) is 5.79 Å². The lowest BCUT2D eigenvalue weighted by Gasteiger charge is -2.38. The molecule has 5 heteroatoms. The number of carboxylic acid groups (broad SMARTS) is 1. The van der Waals surface area contributed by atoms with E-state index in [2.05, 4.69) is 4.90 Å². The van der Waals surface area contributed by atoms with E-state index < -0.39 is 5.97 Å². The number of hydrogen-bond acceptors (Lipinski definition) is 4. The van der Waals surface area contributed by atoms with Gasteiger partial charge in [0.05, 0.1) is 19.8 Å². The highest BCUT2D eigenvalue weighted by molar-refractivity contribution is 5.66. The van der Waals surface area contributed by atoms with E-state index in [4.69, 9.17) is 14.6 Å². The summed E-state index contributed by atoms with van der Waals surface area (Å²) in [5.41, 5.74) is 0. The number of carboxylic acids is 1. The second kappa shape index (κ2) is 6.50. The van der Waals surface area contributed by atoms with E-state index in [0.29, 0.717) is 13.2 Å². The number of piperidine rings is 1. The van der Waals surface area contributed by atoms with Gasteiger partial charge in [-0.25, -0.2) is 0 Å². The van der Waals surface area contributed by atoms with E-state index in [-0.39, 0.29) is 12.2 Å². The van der Waals surface area contributed by atoms with Gasteiger partial charge >= 0.3 is 5.97 Å².